The predicted octanol–water partition coefficient (Wildman–Crippen LogP) is 2.38. The smallest absolute Gasteiger partial charge is 0.226 e. The molecule has 1 atom stereocenters. The third-order valence-corrected chi connectivity index (χ3v) is 5.45. The Bertz CT molecular complexity index is 831. The maximum absolute atomic E-state index is 13.1. The van der Waals surface area contributed by atoms with E-state index in [0.29, 0.717) is 6.61 Å². The second-order valence-electron chi connectivity index (χ2n) is 7.38. The highest BCUT2D eigenvalue weighted by molar-refractivity contribution is 5.79. The third-order valence-electron chi connectivity index (χ3n) is 5.45. The van der Waals surface area contributed by atoms with Gasteiger partial charge in [-0.15, -0.1) is 0 Å². The lowest BCUT2D eigenvalue weighted by molar-refractivity contribution is -0.136. The molecule has 0 bridgehead atoms. The molecule has 142 valence electrons. The topological polar surface area (TPSA) is 58.6 Å². The molecular formula is C21H26N4O2. The quantitative estimate of drug-likeness (QED) is 0.817. The van der Waals surface area contributed by atoms with E-state index in [-0.39, 0.29) is 11.8 Å². The van der Waals surface area contributed by atoms with E-state index in [1.54, 1.807) is 6.20 Å². The highest BCUT2D eigenvalue weighted by Crippen LogP contribution is 2.28. The van der Waals surface area contributed by atoms with Gasteiger partial charge >= 0.3 is 0 Å². The predicted molar refractivity (Wildman–Crippen MR) is 104 cm³/mol. The molecule has 0 radical (unpaired) electrons. The maximum Gasteiger partial charge on any atom is 0.226 e. The molecule has 0 spiro atoms. The molecule has 2 aromatic rings. The first-order chi connectivity index (χ1) is 13.1. The summed E-state index contributed by atoms with van der Waals surface area (Å²) in [4.78, 5) is 26.4. The van der Waals surface area contributed by atoms with Gasteiger partial charge in [-0.1, -0.05) is 18.2 Å². The number of carbonyl (C=O) groups excluding carboxylic acids is 1. The summed E-state index contributed by atoms with van der Waals surface area (Å²) < 4.78 is 5.82. The lowest BCUT2D eigenvalue weighted by Crippen LogP contribution is -2.51. The summed E-state index contributed by atoms with van der Waals surface area (Å²) in [7, 11) is 0. The number of aryl methyl sites for hydroxylation is 2. The molecule has 1 aromatic carbocycles. The van der Waals surface area contributed by atoms with Gasteiger partial charge in [-0.2, -0.15) is 0 Å². The number of anilines is 1. The Morgan fingerprint density at radius 2 is 1.93 bits per heavy atom. The molecule has 27 heavy (non-hydrogen) atoms. The molecule has 1 amide bonds. The second-order valence-corrected chi connectivity index (χ2v) is 7.38. The fraction of sp³-hybridized carbons (Fsp3) is 0.476. The summed E-state index contributed by atoms with van der Waals surface area (Å²) in [6.45, 7) is 7.60. The Kier molecular flexibility index (Phi) is 4.97. The van der Waals surface area contributed by atoms with E-state index in [1.807, 2.05) is 36.9 Å². The van der Waals surface area contributed by atoms with Gasteiger partial charge in [0.15, 0.2) is 0 Å². The van der Waals surface area contributed by atoms with Gasteiger partial charge in [0.2, 0.25) is 5.91 Å². The van der Waals surface area contributed by atoms with Crippen molar-refractivity contribution in [2.45, 2.75) is 26.7 Å². The molecule has 2 aliphatic heterocycles. The number of aromatic nitrogens is 2. The molecule has 0 aliphatic carbocycles. The number of hydrogen-bond acceptors (Lipinski definition) is 5. The van der Waals surface area contributed by atoms with E-state index in [1.165, 1.54) is 0 Å². The van der Waals surface area contributed by atoms with Crippen molar-refractivity contribution < 1.29 is 9.53 Å². The Balaban J connectivity index is 1.41. The fourth-order valence-electron chi connectivity index (χ4n) is 3.92. The average molecular weight is 366 g/mol. The average Bonchev–Trinajstić information content (AvgIpc) is 2.92. The van der Waals surface area contributed by atoms with Gasteiger partial charge in [-0.25, -0.2) is 4.98 Å². The van der Waals surface area contributed by atoms with Crippen molar-refractivity contribution in [1.82, 2.24) is 14.9 Å². The minimum Gasteiger partial charge on any atom is -0.493 e. The van der Waals surface area contributed by atoms with Crippen molar-refractivity contribution in [1.29, 1.82) is 0 Å². The number of benzene rings is 1. The number of para-hydroxylation sites is 1. The minimum atomic E-state index is 0.000646. The summed E-state index contributed by atoms with van der Waals surface area (Å²) in [5.74, 6) is 2.12. The Hall–Kier alpha value is -2.63. The van der Waals surface area contributed by atoms with Crippen LogP contribution in [0, 0.1) is 19.8 Å². The van der Waals surface area contributed by atoms with Gasteiger partial charge < -0.3 is 14.5 Å². The first-order valence-corrected chi connectivity index (χ1v) is 9.66. The van der Waals surface area contributed by atoms with Crippen LogP contribution < -0.4 is 9.64 Å². The number of ether oxygens (including phenoxy) is 1. The molecule has 3 heterocycles. The zero-order valence-electron chi connectivity index (χ0n) is 16.0. The molecule has 1 fully saturated rings. The SMILES string of the molecule is Cc1cnc(C)c(N2CCN(C(=O)[C@H]3CCOc4ccccc4C3)CC2)n1. The number of carbonyl (C=O) groups is 1. The minimum absolute atomic E-state index is 0.000646. The molecule has 6 nitrogen and oxygen atoms in total. The van der Waals surface area contributed by atoms with Crippen molar-refractivity contribution in [3.8, 4) is 5.75 Å². The number of fused-ring (bicyclic) bond motifs is 1. The Morgan fingerprint density at radius 3 is 2.74 bits per heavy atom. The van der Waals surface area contributed by atoms with E-state index in [9.17, 15) is 4.79 Å². The zero-order valence-corrected chi connectivity index (χ0v) is 16.0. The van der Waals surface area contributed by atoms with Crippen LogP contribution in [0.2, 0.25) is 0 Å². The lowest BCUT2D eigenvalue weighted by Gasteiger charge is -2.37. The van der Waals surface area contributed by atoms with Crippen molar-refractivity contribution in [3.63, 3.8) is 0 Å². The molecule has 2 aliphatic rings. The summed E-state index contributed by atoms with van der Waals surface area (Å²) >= 11 is 0. The van der Waals surface area contributed by atoms with E-state index in [0.717, 1.165) is 67.5 Å². The van der Waals surface area contributed by atoms with Gasteiger partial charge in [0.25, 0.3) is 0 Å². The van der Waals surface area contributed by atoms with Crippen LogP contribution in [0.15, 0.2) is 30.5 Å². The summed E-state index contributed by atoms with van der Waals surface area (Å²) in [5.41, 5.74) is 3.00. The number of rotatable bonds is 2. The maximum atomic E-state index is 13.1. The highest BCUT2D eigenvalue weighted by atomic mass is 16.5. The number of nitrogens with zero attached hydrogens (tertiary/aromatic N) is 4. The number of hydrogen-bond donors (Lipinski definition) is 0. The van der Waals surface area contributed by atoms with Crippen LogP contribution in [0.5, 0.6) is 5.75 Å². The van der Waals surface area contributed by atoms with Crippen molar-refractivity contribution in [3.05, 3.63) is 47.4 Å². The van der Waals surface area contributed by atoms with Crippen LogP contribution in [0.4, 0.5) is 5.82 Å². The first kappa shape index (κ1) is 17.8. The molecule has 1 aromatic heterocycles. The van der Waals surface area contributed by atoms with Crippen LogP contribution in [-0.4, -0.2) is 53.6 Å². The summed E-state index contributed by atoms with van der Waals surface area (Å²) in [6, 6.07) is 8.06. The van der Waals surface area contributed by atoms with Gasteiger partial charge in [-0.3, -0.25) is 9.78 Å². The third kappa shape index (κ3) is 3.75. The first-order valence-electron chi connectivity index (χ1n) is 9.66. The van der Waals surface area contributed by atoms with Crippen LogP contribution in [0.1, 0.15) is 23.4 Å². The van der Waals surface area contributed by atoms with Gasteiger partial charge in [0, 0.05) is 38.3 Å². The van der Waals surface area contributed by atoms with E-state index < -0.39 is 0 Å². The molecule has 0 unspecified atom stereocenters. The van der Waals surface area contributed by atoms with Gasteiger partial charge in [-0.05, 0) is 38.3 Å². The van der Waals surface area contributed by atoms with E-state index in [4.69, 9.17) is 4.74 Å². The lowest BCUT2D eigenvalue weighted by atomic mass is 9.95. The standard InChI is InChI=1S/C21H26N4O2/c1-15-14-22-16(2)20(23-15)24-8-10-25(11-9-24)21(26)18-7-12-27-19-6-4-3-5-17(19)13-18/h3-6,14,18H,7-13H2,1-2H3/t18-/m0/s1. The molecule has 0 saturated carbocycles. The molecule has 4 rings (SSSR count). The highest BCUT2D eigenvalue weighted by Gasteiger charge is 2.30. The largest absolute Gasteiger partial charge is 0.493 e. The Labute approximate surface area is 160 Å². The molecule has 0 N–H and O–H groups in total. The van der Waals surface area contributed by atoms with E-state index in [2.05, 4.69) is 20.9 Å². The van der Waals surface area contributed by atoms with Crippen LogP contribution >= 0.6 is 0 Å². The van der Waals surface area contributed by atoms with Crippen molar-refractivity contribution >= 4 is 11.7 Å². The number of piperazine rings is 1. The second kappa shape index (κ2) is 7.55. The molecular weight excluding hydrogens is 340 g/mol. The van der Waals surface area contributed by atoms with Gasteiger partial charge in [0.1, 0.15) is 11.6 Å². The van der Waals surface area contributed by atoms with Crippen molar-refractivity contribution in [2.24, 2.45) is 5.92 Å². The molecule has 6 heteroatoms. The van der Waals surface area contributed by atoms with Gasteiger partial charge in [0.05, 0.1) is 18.0 Å². The zero-order chi connectivity index (χ0) is 18.8. The fourth-order valence-corrected chi connectivity index (χ4v) is 3.92. The summed E-state index contributed by atoms with van der Waals surface area (Å²) in [6.07, 6.45) is 3.33. The van der Waals surface area contributed by atoms with E-state index >= 15 is 0 Å². The van der Waals surface area contributed by atoms with Crippen LogP contribution in [0.3, 0.4) is 0 Å². The summed E-state index contributed by atoms with van der Waals surface area (Å²) in [5, 5.41) is 0. The number of amides is 1. The monoisotopic (exact) mass is 366 g/mol. The van der Waals surface area contributed by atoms with Crippen LogP contribution in [0.25, 0.3) is 0 Å². The normalized spacial score (nSPS) is 19.9. The van der Waals surface area contributed by atoms with Crippen LogP contribution in [-0.2, 0) is 11.2 Å². The molecule has 1 saturated heterocycles. The Morgan fingerprint density at radius 1 is 1.15 bits per heavy atom. The van der Waals surface area contributed by atoms with Crippen molar-refractivity contribution in [2.75, 3.05) is 37.7 Å².